The summed E-state index contributed by atoms with van der Waals surface area (Å²) in [5.74, 6) is 1.01. The van der Waals surface area contributed by atoms with Crippen molar-refractivity contribution in [2.24, 2.45) is 0 Å². The number of nitrogens with zero attached hydrogens (tertiary/aromatic N) is 1. The molecule has 2 atom stereocenters. The van der Waals surface area contributed by atoms with Crippen LogP contribution in [0.1, 0.15) is 42.4 Å². The number of furan rings is 1. The summed E-state index contributed by atoms with van der Waals surface area (Å²) in [5.41, 5.74) is 0. The molecular formula is C18H25NO3S. The van der Waals surface area contributed by atoms with Gasteiger partial charge in [0.05, 0.1) is 31.6 Å². The molecule has 1 fully saturated rings. The summed E-state index contributed by atoms with van der Waals surface area (Å²) < 4.78 is 11.3. The number of rotatable bonds is 7. The molecule has 5 heteroatoms. The number of likely N-dealkylation sites (tertiary alicyclic amines) is 1. The summed E-state index contributed by atoms with van der Waals surface area (Å²) >= 11 is 1.68. The Hall–Kier alpha value is -1.14. The van der Waals surface area contributed by atoms with E-state index in [0.29, 0.717) is 19.8 Å². The Morgan fingerprint density at radius 1 is 1.30 bits per heavy atom. The number of ether oxygens (including phenoxy) is 1. The van der Waals surface area contributed by atoms with Crippen molar-refractivity contribution in [3.63, 3.8) is 0 Å². The minimum absolute atomic E-state index is 0.277. The molecule has 1 N–H and O–H groups in total. The average molecular weight is 335 g/mol. The fourth-order valence-corrected chi connectivity index (χ4v) is 3.84. The molecule has 0 aliphatic carbocycles. The van der Waals surface area contributed by atoms with Crippen molar-refractivity contribution in [3.05, 3.63) is 46.5 Å². The number of aliphatic hydroxyl groups is 1. The maximum Gasteiger partial charge on any atom is 0.120 e. The molecule has 0 amide bonds. The van der Waals surface area contributed by atoms with E-state index in [-0.39, 0.29) is 6.04 Å². The first-order chi connectivity index (χ1) is 11.3. The van der Waals surface area contributed by atoms with Gasteiger partial charge in [-0.1, -0.05) is 18.9 Å². The maximum absolute atomic E-state index is 10.3. The van der Waals surface area contributed by atoms with E-state index in [0.717, 1.165) is 18.7 Å². The van der Waals surface area contributed by atoms with Crippen molar-refractivity contribution in [2.45, 2.75) is 44.4 Å². The Kier molecular flexibility index (Phi) is 6.28. The van der Waals surface area contributed by atoms with E-state index in [9.17, 15) is 5.11 Å². The third kappa shape index (κ3) is 4.91. The van der Waals surface area contributed by atoms with Gasteiger partial charge in [0.1, 0.15) is 5.76 Å². The van der Waals surface area contributed by atoms with Crippen LogP contribution in [0.3, 0.4) is 0 Å². The van der Waals surface area contributed by atoms with E-state index < -0.39 is 6.10 Å². The van der Waals surface area contributed by atoms with E-state index in [1.807, 2.05) is 23.6 Å². The van der Waals surface area contributed by atoms with Gasteiger partial charge in [0.25, 0.3) is 0 Å². The molecule has 2 unspecified atom stereocenters. The number of thiophene rings is 1. The highest BCUT2D eigenvalue weighted by Gasteiger charge is 2.26. The maximum atomic E-state index is 10.3. The first-order valence-corrected chi connectivity index (χ1v) is 9.26. The van der Waals surface area contributed by atoms with Crippen LogP contribution in [0, 0.1) is 0 Å². The zero-order valence-corrected chi connectivity index (χ0v) is 14.2. The van der Waals surface area contributed by atoms with Gasteiger partial charge in [-0.25, -0.2) is 0 Å². The predicted molar refractivity (Wildman–Crippen MR) is 91.5 cm³/mol. The SMILES string of the molecule is OC(COCc1cccs1)CN1CCCCCC1c1ccco1. The number of hydrogen-bond acceptors (Lipinski definition) is 5. The smallest absolute Gasteiger partial charge is 0.120 e. The molecule has 0 saturated carbocycles. The van der Waals surface area contributed by atoms with Crippen molar-refractivity contribution >= 4 is 11.3 Å². The van der Waals surface area contributed by atoms with E-state index in [4.69, 9.17) is 9.15 Å². The second-order valence-electron chi connectivity index (χ2n) is 6.12. The number of aliphatic hydroxyl groups excluding tert-OH is 1. The van der Waals surface area contributed by atoms with Crippen molar-refractivity contribution in [1.82, 2.24) is 4.90 Å². The minimum Gasteiger partial charge on any atom is -0.468 e. The average Bonchev–Trinajstić information content (AvgIpc) is 3.20. The molecule has 2 aromatic heterocycles. The fraction of sp³-hybridized carbons (Fsp3) is 0.556. The van der Waals surface area contributed by atoms with Gasteiger partial charge in [0.2, 0.25) is 0 Å². The second-order valence-corrected chi connectivity index (χ2v) is 7.16. The van der Waals surface area contributed by atoms with Crippen molar-refractivity contribution in [1.29, 1.82) is 0 Å². The van der Waals surface area contributed by atoms with Crippen LogP contribution >= 0.6 is 11.3 Å². The van der Waals surface area contributed by atoms with E-state index >= 15 is 0 Å². The lowest BCUT2D eigenvalue weighted by atomic mass is 10.1. The molecule has 23 heavy (non-hydrogen) atoms. The van der Waals surface area contributed by atoms with Gasteiger partial charge in [-0.3, -0.25) is 4.90 Å². The minimum atomic E-state index is -0.467. The van der Waals surface area contributed by atoms with Crippen LogP contribution in [0.15, 0.2) is 40.3 Å². The first-order valence-electron chi connectivity index (χ1n) is 8.38. The number of β-amino-alcohol motifs (C(OH)–C–C–N with tert-alkyl or cyclic N) is 1. The Balaban J connectivity index is 1.51. The highest BCUT2D eigenvalue weighted by molar-refractivity contribution is 7.09. The lowest BCUT2D eigenvalue weighted by Crippen LogP contribution is -2.37. The Morgan fingerprint density at radius 3 is 3.04 bits per heavy atom. The summed E-state index contributed by atoms with van der Waals surface area (Å²) in [6.45, 7) is 2.60. The van der Waals surface area contributed by atoms with E-state index in [1.54, 1.807) is 17.6 Å². The summed E-state index contributed by atoms with van der Waals surface area (Å²) in [6, 6.07) is 8.34. The van der Waals surface area contributed by atoms with Crippen LogP contribution in [0.4, 0.5) is 0 Å². The Labute approximate surface area is 141 Å². The van der Waals surface area contributed by atoms with Gasteiger partial charge in [-0.05, 0) is 43.0 Å². The zero-order valence-electron chi connectivity index (χ0n) is 13.4. The van der Waals surface area contributed by atoms with Crippen LogP contribution in [0.5, 0.6) is 0 Å². The van der Waals surface area contributed by atoms with E-state index in [2.05, 4.69) is 11.0 Å². The fourth-order valence-electron chi connectivity index (χ4n) is 3.20. The molecule has 2 aromatic rings. The topological polar surface area (TPSA) is 45.8 Å². The predicted octanol–water partition coefficient (Wildman–Crippen LogP) is 3.84. The van der Waals surface area contributed by atoms with Gasteiger partial charge in [0.15, 0.2) is 0 Å². The summed E-state index contributed by atoms with van der Waals surface area (Å²) in [5, 5.41) is 12.4. The highest BCUT2D eigenvalue weighted by atomic mass is 32.1. The largest absolute Gasteiger partial charge is 0.468 e. The Morgan fingerprint density at radius 2 is 2.26 bits per heavy atom. The molecule has 4 nitrogen and oxygen atoms in total. The quantitative estimate of drug-likeness (QED) is 0.835. The molecule has 0 spiro atoms. The lowest BCUT2D eigenvalue weighted by Gasteiger charge is -2.30. The monoisotopic (exact) mass is 335 g/mol. The van der Waals surface area contributed by atoms with Crippen molar-refractivity contribution < 1.29 is 14.3 Å². The van der Waals surface area contributed by atoms with Gasteiger partial charge in [0, 0.05) is 11.4 Å². The van der Waals surface area contributed by atoms with Gasteiger partial charge in [-0.15, -0.1) is 11.3 Å². The van der Waals surface area contributed by atoms with Crippen LogP contribution in [-0.2, 0) is 11.3 Å². The molecular weight excluding hydrogens is 310 g/mol. The Bertz CT molecular complexity index is 541. The lowest BCUT2D eigenvalue weighted by molar-refractivity contribution is 0.00136. The molecule has 3 rings (SSSR count). The van der Waals surface area contributed by atoms with Gasteiger partial charge < -0.3 is 14.3 Å². The van der Waals surface area contributed by atoms with Gasteiger partial charge >= 0.3 is 0 Å². The molecule has 0 aromatic carbocycles. The van der Waals surface area contributed by atoms with Crippen molar-refractivity contribution in [3.8, 4) is 0 Å². The standard InChI is InChI=1S/C18H25NO3S/c20-15(13-21-14-16-6-5-11-23-16)12-19-9-3-1-2-7-17(19)18-8-4-10-22-18/h4-6,8,10-11,15,17,20H,1-3,7,9,12-14H2. The molecule has 1 saturated heterocycles. The highest BCUT2D eigenvalue weighted by Crippen LogP contribution is 2.30. The number of hydrogen-bond donors (Lipinski definition) is 1. The summed E-state index contributed by atoms with van der Waals surface area (Å²) in [7, 11) is 0. The summed E-state index contributed by atoms with van der Waals surface area (Å²) in [6.07, 6.45) is 6.01. The first kappa shape index (κ1) is 16.7. The van der Waals surface area contributed by atoms with Crippen LogP contribution in [0.25, 0.3) is 0 Å². The third-order valence-electron chi connectivity index (χ3n) is 4.32. The molecule has 0 bridgehead atoms. The third-order valence-corrected chi connectivity index (χ3v) is 5.17. The molecule has 0 radical (unpaired) electrons. The molecule has 3 heterocycles. The normalized spacial score (nSPS) is 21.2. The van der Waals surface area contributed by atoms with Crippen molar-refractivity contribution in [2.75, 3.05) is 19.7 Å². The molecule has 126 valence electrons. The van der Waals surface area contributed by atoms with Crippen LogP contribution in [-0.4, -0.2) is 35.8 Å². The summed E-state index contributed by atoms with van der Waals surface area (Å²) in [4.78, 5) is 3.55. The second kappa shape index (κ2) is 8.64. The van der Waals surface area contributed by atoms with Crippen LogP contribution in [0.2, 0.25) is 0 Å². The zero-order chi connectivity index (χ0) is 15.9. The molecule has 1 aliphatic heterocycles. The van der Waals surface area contributed by atoms with Gasteiger partial charge in [-0.2, -0.15) is 0 Å². The molecule has 1 aliphatic rings. The van der Waals surface area contributed by atoms with E-state index in [1.165, 1.54) is 24.1 Å². The van der Waals surface area contributed by atoms with Crippen LogP contribution < -0.4 is 0 Å².